The Morgan fingerprint density at radius 1 is 1.19 bits per heavy atom. The lowest BCUT2D eigenvalue weighted by atomic mass is 10.1. The summed E-state index contributed by atoms with van der Waals surface area (Å²) in [5, 5.41) is 3.23. The van der Waals surface area contributed by atoms with Crippen molar-refractivity contribution in [3.8, 4) is 5.75 Å². The molecule has 0 bridgehead atoms. The molecule has 1 unspecified atom stereocenters. The smallest absolute Gasteiger partial charge is 0.245 e. The van der Waals surface area contributed by atoms with Gasteiger partial charge in [-0.1, -0.05) is 41.4 Å². The second-order valence-corrected chi connectivity index (χ2v) is 6.58. The molecule has 150 valence electrons. The lowest BCUT2D eigenvalue weighted by Crippen LogP contribution is -2.27. The van der Waals surface area contributed by atoms with Gasteiger partial charge in [0.25, 0.3) is 0 Å². The molecule has 5 nitrogen and oxygen atoms in total. The number of rotatable bonds is 7. The van der Waals surface area contributed by atoms with Crippen LogP contribution in [0, 0.1) is 6.92 Å². The number of halogens is 3. The first kappa shape index (κ1) is 25.5. The summed E-state index contributed by atoms with van der Waals surface area (Å²) in [5.41, 5.74) is 8.49. The van der Waals surface area contributed by atoms with Crippen LogP contribution in [0.2, 0.25) is 5.02 Å². The van der Waals surface area contributed by atoms with Gasteiger partial charge in [-0.25, -0.2) is 0 Å². The molecular formula is C19H26Cl3N3O2. The van der Waals surface area contributed by atoms with Crippen molar-refractivity contribution in [2.24, 2.45) is 5.73 Å². The first-order valence-electron chi connectivity index (χ1n) is 8.07. The molecule has 3 N–H and O–H groups in total. The summed E-state index contributed by atoms with van der Waals surface area (Å²) in [7, 11) is 3.95. The SMILES string of the molecule is Cc1ccc(C(N)C(=O)Nc2ccc(OCCN(C)C)c(Cl)c2)cc1.Cl.Cl. The van der Waals surface area contributed by atoms with Gasteiger partial charge in [-0.05, 0) is 44.8 Å². The monoisotopic (exact) mass is 433 g/mol. The molecule has 0 saturated carbocycles. The molecule has 0 spiro atoms. The summed E-state index contributed by atoms with van der Waals surface area (Å²) in [6, 6.07) is 12.0. The Balaban J connectivity index is 0.00000338. The van der Waals surface area contributed by atoms with Gasteiger partial charge in [-0.3, -0.25) is 4.79 Å². The van der Waals surface area contributed by atoms with Crippen LogP contribution in [0.25, 0.3) is 0 Å². The number of carbonyl (C=O) groups is 1. The second kappa shape index (κ2) is 12.1. The molecule has 2 aromatic rings. The van der Waals surface area contributed by atoms with Gasteiger partial charge in [-0.15, -0.1) is 24.8 Å². The van der Waals surface area contributed by atoms with E-state index < -0.39 is 6.04 Å². The number of likely N-dealkylation sites (N-methyl/N-ethyl adjacent to an activating group) is 1. The molecule has 2 rings (SSSR count). The average molecular weight is 435 g/mol. The fourth-order valence-electron chi connectivity index (χ4n) is 2.18. The number of hydrogen-bond donors (Lipinski definition) is 2. The van der Waals surface area contributed by atoms with Gasteiger partial charge >= 0.3 is 0 Å². The first-order valence-corrected chi connectivity index (χ1v) is 8.44. The number of anilines is 1. The van der Waals surface area contributed by atoms with E-state index in [-0.39, 0.29) is 30.7 Å². The zero-order valence-corrected chi connectivity index (χ0v) is 18.0. The van der Waals surface area contributed by atoms with Crippen LogP contribution in [0.5, 0.6) is 5.75 Å². The van der Waals surface area contributed by atoms with Crippen molar-refractivity contribution in [1.29, 1.82) is 0 Å². The van der Waals surface area contributed by atoms with Crippen molar-refractivity contribution < 1.29 is 9.53 Å². The molecule has 8 heteroatoms. The highest BCUT2D eigenvalue weighted by Gasteiger charge is 2.16. The van der Waals surface area contributed by atoms with Crippen LogP contribution in [0.1, 0.15) is 17.2 Å². The molecule has 0 aromatic heterocycles. The van der Waals surface area contributed by atoms with Gasteiger partial charge < -0.3 is 20.7 Å². The summed E-state index contributed by atoms with van der Waals surface area (Å²) in [4.78, 5) is 14.3. The number of ether oxygens (including phenoxy) is 1. The third-order valence-electron chi connectivity index (χ3n) is 3.71. The predicted octanol–water partition coefficient (Wildman–Crippen LogP) is 4.07. The molecule has 0 aliphatic heterocycles. The maximum Gasteiger partial charge on any atom is 0.245 e. The third-order valence-corrected chi connectivity index (χ3v) is 4.01. The molecular weight excluding hydrogens is 409 g/mol. The fraction of sp³-hybridized carbons (Fsp3) is 0.316. The van der Waals surface area contributed by atoms with Crippen molar-refractivity contribution in [2.75, 3.05) is 32.6 Å². The van der Waals surface area contributed by atoms with Crippen molar-refractivity contribution in [3.63, 3.8) is 0 Å². The lowest BCUT2D eigenvalue weighted by molar-refractivity contribution is -0.117. The number of aryl methyl sites for hydroxylation is 1. The van der Waals surface area contributed by atoms with Crippen LogP contribution in [-0.2, 0) is 4.79 Å². The minimum absolute atomic E-state index is 0. The predicted molar refractivity (Wildman–Crippen MR) is 117 cm³/mol. The second-order valence-electron chi connectivity index (χ2n) is 6.17. The van der Waals surface area contributed by atoms with Crippen LogP contribution in [-0.4, -0.2) is 38.1 Å². The number of hydrogen-bond acceptors (Lipinski definition) is 4. The Bertz CT molecular complexity index is 725. The van der Waals surface area contributed by atoms with Crippen molar-refractivity contribution in [3.05, 3.63) is 58.6 Å². The number of carbonyl (C=O) groups excluding carboxylic acids is 1. The van der Waals surface area contributed by atoms with E-state index in [2.05, 4.69) is 5.32 Å². The van der Waals surface area contributed by atoms with E-state index in [1.807, 2.05) is 50.2 Å². The Morgan fingerprint density at radius 2 is 1.81 bits per heavy atom. The molecule has 0 radical (unpaired) electrons. The molecule has 0 fully saturated rings. The maximum atomic E-state index is 12.3. The van der Waals surface area contributed by atoms with E-state index in [0.29, 0.717) is 23.1 Å². The van der Waals surface area contributed by atoms with E-state index in [1.54, 1.807) is 18.2 Å². The van der Waals surface area contributed by atoms with Crippen LogP contribution in [0.3, 0.4) is 0 Å². The summed E-state index contributed by atoms with van der Waals surface area (Å²) < 4.78 is 5.62. The Hall–Kier alpha value is -1.50. The molecule has 0 saturated heterocycles. The number of amides is 1. The van der Waals surface area contributed by atoms with Crippen molar-refractivity contribution in [2.45, 2.75) is 13.0 Å². The molecule has 0 heterocycles. The third kappa shape index (κ3) is 7.95. The number of nitrogens with zero attached hydrogens (tertiary/aromatic N) is 1. The molecule has 1 amide bonds. The number of nitrogens with one attached hydrogen (secondary N) is 1. The van der Waals surface area contributed by atoms with Crippen LogP contribution < -0.4 is 15.8 Å². The van der Waals surface area contributed by atoms with Crippen molar-refractivity contribution >= 4 is 48.0 Å². The van der Waals surface area contributed by atoms with Crippen LogP contribution >= 0.6 is 36.4 Å². The highest BCUT2D eigenvalue weighted by Crippen LogP contribution is 2.28. The zero-order valence-electron chi connectivity index (χ0n) is 15.6. The molecule has 0 aliphatic rings. The molecule has 0 aliphatic carbocycles. The highest BCUT2D eigenvalue weighted by atomic mass is 35.5. The Labute approximate surface area is 178 Å². The van der Waals surface area contributed by atoms with E-state index in [9.17, 15) is 4.79 Å². The standard InChI is InChI=1S/C19H24ClN3O2.2ClH/c1-13-4-6-14(7-5-13)18(21)19(24)22-15-8-9-17(16(20)12-15)25-11-10-23(2)3;;/h4-9,12,18H,10-11,21H2,1-3H3,(H,22,24);2*1H. The largest absolute Gasteiger partial charge is 0.491 e. The number of nitrogens with two attached hydrogens (primary N) is 1. The van der Waals surface area contributed by atoms with Crippen LogP contribution in [0.4, 0.5) is 5.69 Å². The minimum Gasteiger partial charge on any atom is -0.491 e. The van der Waals surface area contributed by atoms with Gasteiger partial charge in [0, 0.05) is 12.2 Å². The van der Waals surface area contributed by atoms with E-state index in [1.165, 1.54) is 0 Å². The Kier molecular flexibility index (Phi) is 11.4. The van der Waals surface area contributed by atoms with Gasteiger partial charge in [0.15, 0.2) is 0 Å². The molecule has 2 aromatic carbocycles. The average Bonchev–Trinajstić information content (AvgIpc) is 2.56. The topological polar surface area (TPSA) is 67.6 Å². The summed E-state index contributed by atoms with van der Waals surface area (Å²) in [5.74, 6) is 0.297. The summed E-state index contributed by atoms with van der Waals surface area (Å²) >= 11 is 6.22. The van der Waals surface area contributed by atoms with Gasteiger partial charge in [0.05, 0.1) is 5.02 Å². The minimum atomic E-state index is -0.740. The number of benzene rings is 2. The molecule has 1 atom stereocenters. The van der Waals surface area contributed by atoms with Gasteiger partial charge in [0.1, 0.15) is 18.4 Å². The normalized spacial score (nSPS) is 11.2. The van der Waals surface area contributed by atoms with Crippen LogP contribution in [0.15, 0.2) is 42.5 Å². The van der Waals surface area contributed by atoms with Gasteiger partial charge in [-0.2, -0.15) is 0 Å². The zero-order chi connectivity index (χ0) is 18.4. The quantitative estimate of drug-likeness (QED) is 0.689. The van der Waals surface area contributed by atoms with Gasteiger partial charge in [0.2, 0.25) is 5.91 Å². The van der Waals surface area contributed by atoms with E-state index >= 15 is 0 Å². The molecule has 27 heavy (non-hydrogen) atoms. The Morgan fingerprint density at radius 3 is 2.37 bits per heavy atom. The highest BCUT2D eigenvalue weighted by molar-refractivity contribution is 6.32. The van der Waals surface area contributed by atoms with Crippen molar-refractivity contribution in [1.82, 2.24) is 4.90 Å². The summed E-state index contributed by atoms with van der Waals surface area (Å²) in [6.45, 7) is 3.32. The first-order chi connectivity index (χ1) is 11.9. The summed E-state index contributed by atoms with van der Waals surface area (Å²) in [6.07, 6.45) is 0. The maximum absolute atomic E-state index is 12.3. The lowest BCUT2D eigenvalue weighted by Gasteiger charge is -2.15. The van der Waals surface area contributed by atoms with E-state index in [0.717, 1.165) is 17.7 Å². The van der Waals surface area contributed by atoms with E-state index in [4.69, 9.17) is 22.1 Å². The fourth-order valence-corrected chi connectivity index (χ4v) is 2.41.